The normalized spacial score (nSPS) is 19.1. The van der Waals surface area contributed by atoms with Crippen LogP contribution in [0.3, 0.4) is 0 Å². The van der Waals surface area contributed by atoms with Gasteiger partial charge in [-0.2, -0.15) is 0 Å². The largest absolute Gasteiger partial charge is 0.394 e. The first-order chi connectivity index (χ1) is 37.3. The Balaban J connectivity index is 2.10. The van der Waals surface area contributed by atoms with Crippen LogP contribution in [0.15, 0.2) is 48.6 Å². The Hall–Kier alpha value is -1.85. The molecule has 76 heavy (non-hydrogen) atoms. The molecule has 1 aliphatic heterocycles. The highest BCUT2D eigenvalue weighted by Gasteiger charge is 2.44. The molecule has 9 nitrogen and oxygen atoms in total. The summed E-state index contributed by atoms with van der Waals surface area (Å²) in [6.07, 6.45) is 68.8. The van der Waals surface area contributed by atoms with E-state index in [0.29, 0.717) is 12.8 Å². The van der Waals surface area contributed by atoms with Crippen LogP contribution in [0.25, 0.3) is 0 Å². The van der Waals surface area contributed by atoms with E-state index in [0.717, 1.165) is 64.2 Å². The second kappa shape index (κ2) is 56.4. The van der Waals surface area contributed by atoms with Gasteiger partial charge in [0.25, 0.3) is 0 Å². The monoisotopic (exact) mass is 1070 g/mol. The number of unbranched alkanes of at least 4 members (excludes halogenated alkanes) is 39. The molecule has 0 bridgehead atoms. The Morgan fingerprint density at radius 3 is 1.21 bits per heavy atom. The van der Waals surface area contributed by atoms with Gasteiger partial charge in [-0.1, -0.05) is 306 Å². The lowest BCUT2D eigenvalue weighted by atomic mass is 9.99. The van der Waals surface area contributed by atoms with Crippen LogP contribution in [0.5, 0.6) is 0 Å². The molecule has 1 amide bonds. The number of ether oxygens (including phenoxy) is 2. The topological polar surface area (TPSA) is 149 Å². The summed E-state index contributed by atoms with van der Waals surface area (Å²) in [4.78, 5) is 13.1. The first kappa shape index (κ1) is 72.2. The van der Waals surface area contributed by atoms with Crippen molar-refractivity contribution >= 4 is 5.91 Å². The van der Waals surface area contributed by atoms with Crippen LogP contribution in [0, 0.1) is 0 Å². The van der Waals surface area contributed by atoms with Crippen LogP contribution >= 0.6 is 0 Å². The Morgan fingerprint density at radius 1 is 0.461 bits per heavy atom. The molecule has 0 spiro atoms. The number of hydrogen-bond acceptors (Lipinski definition) is 8. The van der Waals surface area contributed by atoms with Gasteiger partial charge in [-0.25, -0.2) is 0 Å². The van der Waals surface area contributed by atoms with E-state index in [1.165, 1.54) is 225 Å². The second-order valence-corrected chi connectivity index (χ2v) is 22.9. The van der Waals surface area contributed by atoms with Crippen LogP contribution in [0.4, 0.5) is 0 Å². The summed E-state index contributed by atoms with van der Waals surface area (Å²) in [5, 5.41) is 54.8. The average Bonchev–Trinajstić information content (AvgIpc) is 3.42. The van der Waals surface area contributed by atoms with Crippen molar-refractivity contribution in [3.8, 4) is 0 Å². The second-order valence-electron chi connectivity index (χ2n) is 22.9. The van der Waals surface area contributed by atoms with Crippen molar-refractivity contribution in [1.82, 2.24) is 5.32 Å². The number of aliphatic hydroxyl groups is 5. The fourth-order valence-corrected chi connectivity index (χ4v) is 10.6. The first-order valence-electron chi connectivity index (χ1n) is 32.8. The molecular weight excluding hydrogens is 947 g/mol. The Kier molecular flexibility index (Phi) is 53.6. The van der Waals surface area contributed by atoms with Crippen LogP contribution < -0.4 is 5.32 Å². The molecule has 9 heteroatoms. The lowest BCUT2D eigenvalue weighted by Gasteiger charge is -2.40. The van der Waals surface area contributed by atoms with Crippen LogP contribution in [0.1, 0.15) is 316 Å². The van der Waals surface area contributed by atoms with Gasteiger partial charge >= 0.3 is 0 Å². The predicted octanol–water partition coefficient (Wildman–Crippen LogP) is 17.2. The maximum Gasteiger partial charge on any atom is 0.220 e. The number of hydrogen-bond donors (Lipinski definition) is 6. The van der Waals surface area contributed by atoms with Crippen molar-refractivity contribution in [3.63, 3.8) is 0 Å². The zero-order valence-corrected chi connectivity index (χ0v) is 49.8. The smallest absolute Gasteiger partial charge is 0.220 e. The van der Waals surface area contributed by atoms with Crippen molar-refractivity contribution in [2.24, 2.45) is 0 Å². The van der Waals surface area contributed by atoms with Crippen LogP contribution in [0.2, 0.25) is 0 Å². The average molecular weight is 1070 g/mol. The Morgan fingerprint density at radius 2 is 0.816 bits per heavy atom. The molecule has 0 radical (unpaired) electrons. The number of amides is 1. The molecule has 0 saturated carbocycles. The zero-order chi connectivity index (χ0) is 55.0. The van der Waals surface area contributed by atoms with Gasteiger partial charge in [0, 0.05) is 6.42 Å². The number of allylic oxidation sites excluding steroid dienone is 8. The lowest BCUT2D eigenvalue weighted by Crippen LogP contribution is -2.60. The van der Waals surface area contributed by atoms with E-state index in [2.05, 4.69) is 67.8 Å². The minimum Gasteiger partial charge on any atom is -0.394 e. The molecule has 1 aliphatic rings. The first-order valence-corrected chi connectivity index (χ1v) is 32.8. The molecular formula is C67H125NO8. The van der Waals surface area contributed by atoms with Gasteiger partial charge in [-0.05, 0) is 51.4 Å². The van der Waals surface area contributed by atoms with Crippen LogP contribution in [-0.2, 0) is 14.3 Å². The van der Waals surface area contributed by atoms with Crippen molar-refractivity contribution < 1.29 is 39.8 Å². The van der Waals surface area contributed by atoms with E-state index in [-0.39, 0.29) is 12.5 Å². The van der Waals surface area contributed by atoms with Crippen molar-refractivity contribution in [2.75, 3.05) is 13.2 Å². The highest BCUT2D eigenvalue weighted by Crippen LogP contribution is 2.24. The van der Waals surface area contributed by atoms with E-state index in [1.54, 1.807) is 0 Å². The number of rotatable bonds is 57. The molecule has 1 heterocycles. The van der Waals surface area contributed by atoms with Crippen molar-refractivity contribution in [1.29, 1.82) is 0 Å². The highest BCUT2D eigenvalue weighted by molar-refractivity contribution is 5.76. The van der Waals surface area contributed by atoms with Crippen LogP contribution in [-0.4, -0.2) is 87.5 Å². The molecule has 1 rings (SSSR count). The number of carbonyl (C=O) groups excluding carboxylic acids is 1. The minimum absolute atomic E-state index is 0.135. The number of aliphatic hydroxyl groups excluding tert-OH is 5. The number of carbonyl (C=O) groups is 1. The zero-order valence-electron chi connectivity index (χ0n) is 49.8. The summed E-state index contributed by atoms with van der Waals surface area (Å²) < 4.78 is 11.4. The third-order valence-electron chi connectivity index (χ3n) is 15.7. The molecule has 6 N–H and O–H groups in total. The third kappa shape index (κ3) is 44.9. The van der Waals surface area contributed by atoms with E-state index in [1.807, 2.05) is 0 Å². The van der Waals surface area contributed by atoms with Gasteiger partial charge in [0.15, 0.2) is 6.29 Å². The minimum atomic E-state index is -1.55. The Bertz CT molecular complexity index is 1340. The third-order valence-corrected chi connectivity index (χ3v) is 15.7. The van der Waals surface area contributed by atoms with Gasteiger partial charge in [0.1, 0.15) is 24.4 Å². The quantitative estimate of drug-likeness (QED) is 0.0261. The van der Waals surface area contributed by atoms with E-state index in [9.17, 15) is 30.3 Å². The fraction of sp³-hybridized carbons (Fsp3) is 0.866. The summed E-state index contributed by atoms with van der Waals surface area (Å²) in [5.74, 6) is -0.139. The lowest BCUT2D eigenvalue weighted by molar-refractivity contribution is -0.302. The van der Waals surface area contributed by atoms with E-state index >= 15 is 0 Å². The summed E-state index contributed by atoms with van der Waals surface area (Å²) in [7, 11) is 0. The molecule has 0 aromatic heterocycles. The maximum absolute atomic E-state index is 13.1. The Labute approximate surface area is 469 Å². The van der Waals surface area contributed by atoms with Crippen molar-refractivity contribution in [2.45, 2.75) is 358 Å². The summed E-state index contributed by atoms with van der Waals surface area (Å²) in [5.41, 5.74) is 0. The molecule has 7 unspecified atom stereocenters. The van der Waals surface area contributed by atoms with Gasteiger partial charge in [-0.15, -0.1) is 0 Å². The molecule has 446 valence electrons. The summed E-state index contributed by atoms with van der Waals surface area (Å²) in [6.45, 7) is 3.77. The van der Waals surface area contributed by atoms with Gasteiger partial charge in [-0.3, -0.25) is 4.79 Å². The molecule has 0 aromatic rings. The van der Waals surface area contributed by atoms with Gasteiger partial charge in [0.2, 0.25) is 5.91 Å². The maximum atomic E-state index is 13.1. The van der Waals surface area contributed by atoms with Gasteiger partial charge in [0.05, 0.1) is 25.4 Å². The summed E-state index contributed by atoms with van der Waals surface area (Å²) in [6, 6.07) is -0.719. The SMILES string of the molecule is CC/C=C\C/C=C\C/C=C\C/C=C\CCCCCCCCCCCCCCCCCCCCCCC(=O)NC(COC1OC(CO)C(O)C(O)C1O)C(O)CCCCCCCCCCCCCCCCCCCCCC. The molecule has 0 aliphatic carbocycles. The van der Waals surface area contributed by atoms with E-state index < -0.39 is 49.5 Å². The fourth-order valence-electron chi connectivity index (χ4n) is 10.6. The van der Waals surface area contributed by atoms with Crippen molar-refractivity contribution in [3.05, 3.63) is 48.6 Å². The van der Waals surface area contributed by atoms with Gasteiger partial charge < -0.3 is 40.3 Å². The predicted molar refractivity (Wildman–Crippen MR) is 323 cm³/mol. The molecule has 1 fully saturated rings. The highest BCUT2D eigenvalue weighted by atomic mass is 16.7. The van der Waals surface area contributed by atoms with E-state index in [4.69, 9.17) is 9.47 Å². The number of nitrogens with one attached hydrogen (secondary N) is 1. The summed E-state index contributed by atoms with van der Waals surface area (Å²) >= 11 is 0. The molecule has 1 saturated heterocycles. The standard InChI is InChI=1S/C67H125NO8/c1-3-5-7-9-11-13-15-17-19-21-23-25-26-27-28-29-30-31-32-33-34-35-36-37-39-41-43-45-47-49-51-53-55-57-63(71)68-60(59-75-67-66(74)65(73)64(72)62(58-69)76-67)61(70)56-54-52-50-48-46-44-42-40-38-24-22-20-18-16-14-12-10-8-6-4-2/h5,7,11,13,17,19,23,25,60-62,64-67,69-70,72-74H,3-4,6,8-10,12,14-16,18,20-22,24,26-59H2,1-2H3,(H,68,71)/b7-5-,13-11-,19-17-,25-23-. The molecule has 0 aromatic carbocycles. The molecule has 7 atom stereocenters.